The highest BCUT2D eigenvalue weighted by atomic mass is 16.5. The molecule has 0 radical (unpaired) electrons. The van der Waals surface area contributed by atoms with E-state index in [4.69, 9.17) is 4.74 Å². The Bertz CT molecular complexity index is 762. The lowest BCUT2D eigenvalue weighted by Gasteiger charge is -2.44. The highest BCUT2D eigenvalue weighted by Gasteiger charge is 2.50. The van der Waals surface area contributed by atoms with E-state index < -0.39 is 0 Å². The molecular weight excluding hydrogens is 346 g/mol. The van der Waals surface area contributed by atoms with Crippen LogP contribution in [0.5, 0.6) is 0 Å². The first-order valence-corrected chi connectivity index (χ1v) is 10.8. The molecule has 28 heavy (non-hydrogen) atoms. The lowest BCUT2D eigenvalue weighted by molar-refractivity contribution is 0.101. The maximum atomic E-state index is 5.62. The van der Waals surface area contributed by atoms with Crippen molar-refractivity contribution in [3.05, 3.63) is 66.0 Å². The molecule has 0 saturated carbocycles. The molecule has 0 aliphatic carbocycles. The van der Waals surface area contributed by atoms with Crippen LogP contribution in [0.15, 0.2) is 54.9 Å². The number of hydrogen-bond donors (Lipinski definition) is 0. The average Bonchev–Trinajstić information content (AvgIpc) is 3.37. The predicted molar refractivity (Wildman–Crippen MR) is 111 cm³/mol. The summed E-state index contributed by atoms with van der Waals surface area (Å²) < 4.78 is 5.62. The van der Waals surface area contributed by atoms with Crippen molar-refractivity contribution in [2.75, 3.05) is 45.9 Å². The van der Waals surface area contributed by atoms with E-state index in [0.29, 0.717) is 11.3 Å². The van der Waals surface area contributed by atoms with Crippen molar-refractivity contribution in [3.63, 3.8) is 0 Å². The monoisotopic (exact) mass is 377 g/mol. The SMILES string of the molecule is c1ccc([C@]23CCN(C[C@@H]4CCOC4)C[C@H]2CN(Cc2cccnc2)C3)cc1. The van der Waals surface area contributed by atoms with Crippen LogP contribution < -0.4 is 0 Å². The standard InChI is InChI=1S/C24H31N3O/c1-2-6-22(7-3-1)24-9-11-26(15-21-8-12-28-18-21)16-23(24)17-27(19-24)14-20-5-4-10-25-13-20/h1-7,10,13,21,23H,8-9,11-12,14-19H2/t21-,23-,24+/m0/s1. The molecule has 4 heteroatoms. The highest BCUT2D eigenvalue weighted by molar-refractivity contribution is 5.31. The van der Waals surface area contributed by atoms with Crippen LogP contribution in [-0.4, -0.2) is 60.7 Å². The molecule has 0 amide bonds. The van der Waals surface area contributed by atoms with Crippen molar-refractivity contribution in [1.82, 2.24) is 14.8 Å². The molecule has 5 rings (SSSR count). The Morgan fingerprint density at radius 3 is 2.75 bits per heavy atom. The molecule has 0 unspecified atom stereocenters. The summed E-state index contributed by atoms with van der Waals surface area (Å²) in [5.74, 6) is 1.43. The third-order valence-corrected chi connectivity index (χ3v) is 7.14. The average molecular weight is 378 g/mol. The molecule has 0 bridgehead atoms. The predicted octanol–water partition coefficient (Wildman–Crippen LogP) is 3.19. The molecule has 3 saturated heterocycles. The summed E-state index contributed by atoms with van der Waals surface area (Å²) in [5.41, 5.74) is 3.16. The highest BCUT2D eigenvalue weighted by Crippen LogP contribution is 2.45. The summed E-state index contributed by atoms with van der Waals surface area (Å²) in [6.45, 7) is 8.90. The second-order valence-electron chi connectivity index (χ2n) is 8.99. The first kappa shape index (κ1) is 18.3. The molecule has 1 aromatic heterocycles. The molecule has 1 aromatic carbocycles. The zero-order chi connectivity index (χ0) is 18.8. The van der Waals surface area contributed by atoms with Crippen LogP contribution in [0.4, 0.5) is 0 Å². The van der Waals surface area contributed by atoms with Gasteiger partial charge in [-0.2, -0.15) is 0 Å². The molecule has 4 heterocycles. The quantitative estimate of drug-likeness (QED) is 0.800. The normalized spacial score (nSPS) is 31.1. The van der Waals surface area contributed by atoms with Gasteiger partial charge in [-0.05, 0) is 48.4 Å². The summed E-state index contributed by atoms with van der Waals surface area (Å²) in [5, 5.41) is 0. The van der Waals surface area contributed by atoms with Gasteiger partial charge in [-0.25, -0.2) is 0 Å². The van der Waals surface area contributed by atoms with Gasteiger partial charge in [-0.3, -0.25) is 9.88 Å². The van der Waals surface area contributed by atoms with Gasteiger partial charge in [0.25, 0.3) is 0 Å². The van der Waals surface area contributed by atoms with Gasteiger partial charge in [0.05, 0.1) is 6.61 Å². The molecule has 3 aliphatic heterocycles. The van der Waals surface area contributed by atoms with E-state index in [1.807, 2.05) is 12.4 Å². The molecular formula is C24H31N3O. The Kier molecular flexibility index (Phi) is 5.19. The van der Waals surface area contributed by atoms with Crippen LogP contribution in [0, 0.1) is 11.8 Å². The summed E-state index contributed by atoms with van der Waals surface area (Å²) in [4.78, 5) is 9.70. The van der Waals surface area contributed by atoms with Crippen molar-refractivity contribution >= 4 is 0 Å². The summed E-state index contributed by atoms with van der Waals surface area (Å²) in [6.07, 6.45) is 6.38. The number of likely N-dealkylation sites (tertiary alicyclic amines) is 2. The van der Waals surface area contributed by atoms with Crippen LogP contribution in [0.3, 0.4) is 0 Å². The fourth-order valence-corrected chi connectivity index (χ4v) is 5.73. The lowest BCUT2D eigenvalue weighted by atomic mass is 9.68. The fourth-order valence-electron chi connectivity index (χ4n) is 5.73. The fraction of sp³-hybridized carbons (Fsp3) is 0.542. The van der Waals surface area contributed by atoms with Crippen molar-refractivity contribution < 1.29 is 4.74 Å². The van der Waals surface area contributed by atoms with Gasteiger partial charge in [0.1, 0.15) is 0 Å². The number of benzene rings is 1. The molecule has 3 fully saturated rings. The zero-order valence-electron chi connectivity index (χ0n) is 16.7. The molecule has 3 atom stereocenters. The van der Waals surface area contributed by atoms with E-state index in [-0.39, 0.29) is 0 Å². The number of hydrogen-bond acceptors (Lipinski definition) is 4. The first-order valence-electron chi connectivity index (χ1n) is 10.8. The Hall–Kier alpha value is -1.75. The third-order valence-electron chi connectivity index (χ3n) is 7.14. The van der Waals surface area contributed by atoms with Gasteiger partial charge in [0, 0.05) is 57.1 Å². The molecule has 2 aromatic rings. The van der Waals surface area contributed by atoms with Gasteiger partial charge in [-0.15, -0.1) is 0 Å². The second kappa shape index (κ2) is 7.94. The van der Waals surface area contributed by atoms with E-state index in [9.17, 15) is 0 Å². The van der Waals surface area contributed by atoms with Gasteiger partial charge in [0.2, 0.25) is 0 Å². The number of rotatable bonds is 5. The minimum Gasteiger partial charge on any atom is -0.381 e. The van der Waals surface area contributed by atoms with Crippen molar-refractivity contribution in [1.29, 1.82) is 0 Å². The van der Waals surface area contributed by atoms with Crippen LogP contribution >= 0.6 is 0 Å². The number of nitrogens with zero attached hydrogens (tertiary/aromatic N) is 3. The van der Waals surface area contributed by atoms with Gasteiger partial charge in [0.15, 0.2) is 0 Å². The lowest BCUT2D eigenvalue weighted by Crippen LogP contribution is -2.50. The largest absolute Gasteiger partial charge is 0.381 e. The van der Waals surface area contributed by atoms with Crippen LogP contribution in [-0.2, 0) is 16.7 Å². The van der Waals surface area contributed by atoms with E-state index in [1.165, 1.54) is 50.1 Å². The van der Waals surface area contributed by atoms with Crippen LogP contribution in [0.25, 0.3) is 0 Å². The number of fused-ring (bicyclic) bond motifs is 1. The van der Waals surface area contributed by atoms with Gasteiger partial charge in [-0.1, -0.05) is 36.4 Å². The Morgan fingerprint density at radius 2 is 1.96 bits per heavy atom. The first-order chi connectivity index (χ1) is 13.8. The van der Waals surface area contributed by atoms with E-state index in [2.05, 4.69) is 57.2 Å². The van der Waals surface area contributed by atoms with Crippen molar-refractivity contribution in [3.8, 4) is 0 Å². The molecule has 4 nitrogen and oxygen atoms in total. The van der Waals surface area contributed by atoms with E-state index in [0.717, 1.165) is 32.2 Å². The summed E-state index contributed by atoms with van der Waals surface area (Å²) >= 11 is 0. The summed E-state index contributed by atoms with van der Waals surface area (Å²) in [7, 11) is 0. The van der Waals surface area contributed by atoms with Crippen LogP contribution in [0.1, 0.15) is 24.0 Å². The maximum absolute atomic E-state index is 5.62. The molecule has 148 valence electrons. The van der Waals surface area contributed by atoms with E-state index in [1.54, 1.807) is 0 Å². The maximum Gasteiger partial charge on any atom is 0.0507 e. The van der Waals surface area contributed by atoms with E-state index >= 15 is 0 Å². The number of pyridine rings is 1. The van der Waals surface area contributed by atoms with Crippen molar-refractivity contribution in [2.24, 2.45) is 11.8 Å². The summed E-state index contributed by atoms with van der Waals surface area (Å²) in [6, 6.07) is 15.6. The topological polar surface area (TPSA) is 28.6 Å². The minimum atomic E-state index is 0.298. The Labute approximate surface area is 168 Å². The number of piperidine rings is 1. The van der Waals surface area contributed by atoms with Gasteiger partial charge >= 0.3 is 0 Å². The molecule has 0 N–H and O–H groups in total. The zero-order valence-corrected chi connectivity index (χ0v) is 16.7. The third kappa shape index (κ3) is 3.61. The minimum absolute atomic E-state index is 0.298. The Morgan fingerprint density at radius 1 is 1.07 bits per heavy atom. The number of ether oxygens (including phenoxy) is 1. The van der Waals surface area contributed by atoms with Crippen molar-refractivity contribution in [2.45, 2.75) is 24.8 Å². The smallest absolute Gasteiger partial charge is 0.0507 e. The van der Waals surface area contributed by atoms with Crippen LogP contribution in [0.2, 0.25) is 0 Å². The second-order valence-corrected chi connectivity index (χ2v) is 8.99. The molecule has 0 spiro atoms. The molecule has 3 aliphatic rings. The van der Waals surface area contributed by atoms with Gasteiger partial charge < -0.3 is 9.64 Å². The number of aromatic nitrogens is 1. The Balaban J connectivity index is 1.35.